The molecule has 0 aliphatic heterocycles. The van der Waals surface area contributed by atoms with E-state index in [0.717, 1.165) is 12.1 Å². The number of allylic oxidation sites excluding steroid dienone is 2. The van der Waals surface area contributed by atoms with Gasteiger partial charge >= 0.3 is 0 Å². The lowest BCUT2D eigenvalue weighted by atomic mass is 10.3. The second-order valence-electron chi connectivity index (χ2n) is 1.57. The van der Waals surface area contributed by atoms with Crippen LogP contribution in [0.5, 0.6) is 0 Å². The van der Waals surface area contributed by atoms with E-state index in [9.17, 15) is 0 Å². The molecule has 0 N–H and O–H groups in total. The van der Waals surface area contributed by atoms with Crippen LogP contribution in [-0.4, -0.2) is 12.8 Å². The lowest BCUT2D eigenvalue weighted by molar-refractivity contribution is 1.26. The molecule has 0 atom stereocenters. The molecular formula is C7H13N. The molecular weight excluding hydrogens is 98.1 g/mol. The first-order chi connectivity index (χ1) is 3.85. The zero-order valence-electron chi connectivity index (χ0n) is 5.81. The summed E-state index contributed by atoms with van der Waals surface area (Å²) in [6.07, 6.45) is 5.06. The predicted octanol–water partition coefficient (Wildman–Crippen LogP) is 2.04. The Hall–Kier alpha value is -0.590. The molecule has 0 saturated heterocycles. The third-order valence-corrected chi connectivity index (χ3v) is 1.01. The van der Waals surface area contributed by atoms with Gasteiger partial charge in [0.15, 0.2) is 0 Å². The molecule has 0 amide bonds. The molecule has 0 aromatic rings. The van der Waals surface area contributed by atoms with Gasteiger partial charge in [-0.3, -0.25) is 4.99 Å². The molecule has 0 aromatic heterocycles. The molecule has 0 aliphatic carbocycles. The van der Waals surface area contributed by atoms with Gasteiger partial charge in [-0.1, -0.05) is 13.0 Å². The third-order valence-electron chi connectivity index (χ3n) is 1.01. The smallest absolute Gasteiger partial charge is 0.0338 e. The Morgan fingerprint density at radius 1 is 1.62 bits per heavy atom. The summed E-state index contributed by atoms with van der Waals surface area (Å²) in [5, 5.41) is 0. The van der Waals surface area contributed by atoms with Crippen molar-refractivity contribution in [3.05, 3.63) is 12.2 Å². The Morgan fingerprint density at radius 3 is 2.38 bits per heavy atom. The first kappa shape index (κ1) is 7.41. The van der Waals surface area contributed by atoms with Crippen LogP contribution in [0.3, 0.4) is 0 Å². The summed E-state index contributed by atoms with van der Waals surface area (Å²) in [6.45, 7) is 4.10. The van der Waals surface area contributed by atoms with Crippen molar-refractivity contribution < 1.29 is 0 Å². The minimum Gasteiger partial charge on any atom is -0.293 e. The molecule has 0 aromatic carbocycles. The fourth-order valence-corrected chi connectivity index (χ4v) is 0.543. The first-order valence-corrected chi connectivity index (χ1v) is 2.93. The SMILES string of the molecule is CC=CC(CC)=NC. The molecule has 0 rings (SSSR count). The molecule has 0 fully saturated rings. The molecule has 0 spiro atoms. The Morgan fingerprint density at radius 2 is 2.25 bits per heavy atom. The molecule has 0 aliphatic rings. The van der Waals surface area contributed by atoms with Gasteiger partial charge in [0.25, 0.3) is 0 Å². The molecule has 1 heteroatoms. The average Bonchev–Trinajstić information content (AvgIpc) is 1.83. The second-order valence-corrected chi connectivity index (χ2v) is 1.57. The maximum absolute atomic E-state index is 4.03. The second kappa shape index (κ2) is 4.57. The number of aliphatic imine (C=N–C) groups is 1. The van der Waals surface area contributed by atoms with E-state index in [1.54, 1.807) is 0 Å². The van der Waals surface area contributed by atoms with Crippen molar-refractivity contribution in [3.63, 3.8) is 0 Å². The highest BCUT2D eigenvalue weighted by molar-refractivity contribution is 5.94. The molecule has 0 unspecified atom stereocenters. The van der Waals surface area contributed by atoms with Gasteiger partial charge in [0.2, 0.25) is 0 Å². The monoisotopic (exact) mass is 111 g/mol. The fraction of sp³-hybridized carbons (Fsp3) is 0.571. The summed E-state index contributed by atoms with van der Waals surface area (Å²) in [6, 6.07) is 0. The van der Waals surface area contributed by atoms with Gasteiger partial charge in [0.1, 0.15) is 0 Å². The van der Waals surface area contributed by atoms with Crippen molar-refractivity contribution >= 4 is 5.71 Å². The molecule has 46 valence electrons. The highest BCUT2D eigenvalue weighted by Crippen LogP contribution is 1.85. The highest BCUT2D eigenvalue weighted by atomic mass is 14.7. The van der Waals surface area contributed by atoms with E-state index in [0.29, 0.717) is 0 Å². The van der Waals surface area contributed by atoms with Crippen molar-refractivity contribution in [2.45, 2.75) is 20.3 Å². The van der Waals surface area contributed by atoms with Crippen molar-refractivity contribution in [2.75, 3.05) is 7.05 Å². The van der Waals surface area contributed by atoms with E-state index < -0.39 is 0 Å². The Balaban J connectivity index is 3.72. The first-order valence-electron chi connectivity index (χ1n) is 2.93. The van der Waals surface area contributed by atoms with E-state index in [-0.39, 0.29) is 0 Å². The Kier molecular flexibility index (Phi) is 4.23. The third kappa shape index (κ3) is 2.56. The summed E-state index contributed by atoms with van der Waals surface area (Å²) in [7, 11) is 1.82. The molecule has 0 bridgehead atoms. The molecule has 0 saturated carbocycles. The van der Waals surface area contributed by atoms with Crippen LogP contribution in [0.1, 0.15) is 20.3 Å². The molecule has 0 radical (unpaired) electrons. The summed E-state index contributed by atoms with van der Waals surface area (Å²) in [4.78, 5) is 4.03. The van der Waals surface area contributed by atoms with E-state index >= 15 is 0 Å². The van der Waals surface area contributed by atoms with Crippen LogP contribution in [0.15, 0.2) is 17.1 Å². The largest absolute Gasteiger partial charge is 0.293 e. The maximum atomic E-state index is 4.03. The van der Waals surface area contributed by atoms with Gasteiger partial charge < -0.3 is 0 Å². The number of hydrogen-bond donors (Lipinski definition) is 0. The lowest BCUT2D eigenvalue weighted by Crippen LogP contribution is -1.87. The van der Waals surface area contributed by atoms with Gasteiger partial charge in [-0.25, -0.2) is 0 Å². The average molecular weight is 111 g/mol. The van der Waals surface area contributed by atoms with E-state index in [2.05, 4.69) is 11.9 Å². The molecule has 1 nitrogen and oxygen atoms in total. The van der Waals surface area contributed by atoms with Gasteiger partial charge in [0, 0.05) is 12.8 Å². The van der Waals surface area contributed by atoms with Crippen molar-refractivity contribution in [3.8, 4) is 0 Å². The van der Waals surface area contributed by atoms with Crippen molar-refractivity contribution in [1.29, 1.82) is 0 Å². The predicted molar refractivity (Wildman–Crippen MR) is 38.5 cm³/mol. The summed E-state index contributed by atoms with van der Waals surface area (Å²) in [5.74, 6) is 0. The Bertz CT molecular complexity index is 98.2. The van der Waals surface area contributed by atoms with Crippen LogP contribution in [0.2, 0.25) is 0 Å². The maximum Gasteiger partial charge on any atom is 0.0338 e. The van der Waals surface area contributed by atoms with Crippen LogP contribution in [0.4, 0.5) is 0 Å². The van der Waals surface area contributed by atoms with E-state index in [4.69, 9.17) is 0 Å². The van der Waals surface area contributed by atoms with Crippen LogP contribution in [-0.2, 0) is 0 Å². The summed E-state index contributed by atoms with van der Waals surface area (Å²) < 4.78 is 0. The summed E-state index contributed by atoms with van der Waals surface area (Å²) >= 11 is 0. The quantitative estimate of drug-likeness (QED) is 0.483. The highest BCUT2D eigenvalue weighted by Gasteiger charge is 1.81. The number of rotatable bonds is 2. The van der Waals surface area contributed by atoms with E-state index in [1.165, 1.54) is 0 Å². The molecule has 0 heterocycles. The number of hydrogen-bond acceptors (Lipinski definition) is 1. The van der Waals surface area contributed by atoms with E-state index in [1.807, 2.05) is 26.1 Å². The zero-order valence-corrected chi connectivity index (χ0v) is 5.81. The number of nitrogens with zero attached hydrogens (tertiary/aromatic N) is 1. The van der Waals surface area contributed by atoms with Gasteiger partial charge in [-0.15, -0.1) is 0 Å². The Labute approximate surface area is 51.1 Å². The van der Waals surface area contributed by atoms with Crippen LogP contribution in [0, 0.1) is 0 Å². The summed E-state index contributed by atoms with van der Waals surface area (Å²) in [5.41, 5.74) is 1.16. The lowest BCUT2D eigenvalue weighted by Gasteiger charge is -1.88. The van der Waals surface area contributed by atoms with Crippen LogP contribution < -0.4 is 0 Å². The zero-order chi connectivity index (χ0) is 6.41. The minimum atomic E-state index is 1.03. The van der Waals surface area contributed by atoms with Crippen molar-refractivity contribution in [1.82, 2.24) is 0 Å². The van der Waals surface area contributed by atoms with Crippen LogP contribution in [0.25, 0.3) is 0 Å². The molecule has 8 heavy (non-hydrogen) atoms. The fourth-order valence-electron chi connectivity index (χ4n) is 0.543. The standard InChI is InChI=1S/C7H13N/c1-4-6-7(5-2)8-3/h4,6H,5H2,1-3H3. The van der Waals surface area contributed by atoms with Gasteiger partial charge in [-0.05, 0) is 19.4 Å². The van der Waals surface area contributed by atoms with Crippen molar-refractivity contribution in [2.24, 2.45) is 4.99 Å². The minimum absolute atomic E-state index is 1.03. The normalized spacial score (nSPS) is 13.1. The van der Waals surface area contributed by atoms with Crippen LogP contribution >= 0.6 is 0 Å². The topological polar surface area (TPSA) is 12.4 Å². The van der Waals surface area contributed by atoms with Gasteiger partial charge in [0.05, 0.1) is 0 Å². The van der Waals surface area contributed by atoms with Gasteiger partial charge in [-0.2, -0.15) is 0 Å².